The third-order valence-electron chi connectivity index (χ3n) is 4.10. The van der Waals surface area contributed by atoms with Gasteiger partial charge in [-0.05, 0) is 12.1 Å². The van der Waals surface area contributed by atoms with Gasteiger partial charge in [-0.25, -0.2) is 10.2 Å². The number of hydrogen-bond acceptors (Lipinski definition) is 8. The number of carbonyl (C=O) groups excluding carboxylic acids is 4. The number of ketones is 1. The van der Waals surface area contributed by atoms with Crippen molar-refractivity contribution in [2.24, 2.45) is 5.10 Å². The highest BCUT2D eigenvalue weighted by molar-refractivity contribution is 7.14. The Morgan fingerprint density at radius 1 is 1.22 bits per heavy atom. The summed E-state index contributed by atoms with van der Waals surface area (Å²) in [5, 5.41) is 3.63. The number of rotatable bonds is 6. The summed E-state index contributed by atoms with van der Waals surface area (Å²) in [6.45, 7) is 1.83. The molecule has 3 rings (SSSR count). The van der Waals surface area contributed by atoms with Crippen molar-refractivity contribution in [2.75, 3.05) is 32.9 Å². The van der Waals surface area contributed by atoms with Crippen LogP contribution in [0.15, 0.2) is 17.2 Å². The zero-order valence-corrected chi connectivity index (χ0v) is 15.4. The number of esters is 1. The van der Waals surface area contributed by atoms with E-state index in [-0.39, 0.29) is 42.6 Å². The molecule has 2 aliphatic rings. The Bertz CT molecular complexity index is 781. The van der Waals surface area contributed by atoms with Crippen molar-refractivity contribution in [1.29, 1.82) is 0 Å². The average Bonchev–Trinajstić information content (AvgIpc) is 3.15. The van der Waals surface area contributed by atoms with Gasteiger partial charge in [-0.2, -0.15) is 5.10 Å². The molecule has 9 nitrogen and oxygen atoms in total. The molecule has 0 bridgehead atoms. The lowest BCUT2D eigenvalue weighted by atomic mass is 10.2. The minimum absolute atomic E-state index is 0.00272. The summed E-state index contributed by atoms with van der Waals surface area (Å²) in [6, 6.07) is 3.36. The Morgan fingerprint density at radius 2 is 2.00 bits per heavy atom. The van der Waals surface area contributed by atoms with Crippen molar-refractivity contribution in [3.05, 3.63) is 21.9 Å². The van der Waals surface area contributed by atoms with E-state index in [1.165, 1.54) is 11.3 Å². The van der Waals surface area contributed by atoms with Crippen LogP contribution in [0.25, 0.3) is 0 Å². The van der Waals surface area contributed by atoms with E-state index in [0.29, 0.717) is 31.2 Å². The Hall–Kier alpha value is -2.59. The number of hydrazone groups is 1. The summed E-state index contributed by atoms with van der Waals surface area (Å²) in [6.07, 6.45) is 0.577. The molecule has 10 heteroatoms. The van der Waals surface area contributed by atoms with Crippen molar-refractivity contribution in [3.8, 4) is 0 Å². The molecule has 0 aromatic carbocycles. The minimum Gasteiger partial charge on any atom is -0.453 e. The fourth-order valence-corrected chi connectivity index (χ4v) is 3.53. The van der Waals surface area contributed by atoms with Gasteiger partial charge in [0.2, 0.25) is 17.6 Å². The molecule has 1 saturated heterocycles. The smallest absolute Gasteiger partial charge is 0.354 e. The van der Waals surface area contributed by atoms with Crippen molar-refractivity contribution in [1.82, 2.24) is 10.3 Å². The predicted molar refractivity (Wildman–Crippen MR) is 95.5 cm³/mol. The summed E-state index contributed by atoms with van der Waals surface area (Å²) in [7, 11) is 0. The molecular weight excluding hydrogens is 374 g/mol. The van der Waals surface area contributed by atoms with Gasteiger partial charge < -0.3 is 14.4 Å². The van der Waals surface area contributed by atoms with E-state index in [0.717, 1.165) is 4.88 Å². The normalized spacial score (nSPS) is 17.1. The fraction of sp³-hybridized carbons (Fsp3) is 0.471. The molecule has 1 aromatic heterocycles. The highest BCUT2D eigenvalue weighted by Crippen LogP contribution is 2.19. The van der Waals surface area contributed by atoms with E-state index < -0.39 is 12.6 Å². The first-order chi connectivity index (χ1) is 13.0. The van der Waals surface area contributed by atoms with Crippen molar-refractivity contribution in [2.45, 2.75) is 19.3 Å². The second-order valence-corrected chi connectivity index (χ2v) is 7.20. The lowest BCUT2D eigenvalue weighted by Gasteiger charge is -2.26. The van der Waals surface area contributed by atoms with Crippen molar-refractivity contribution >= 4 is 40.6 Å². The molecule has 0 atom stereocenters. The van der Waals surface area contributed by atoms with E-state index >= 15 is 0 Å². The third kappa shape index (κ3) is 5.20. The van der Waals surface area contributed by atoms with E-state index in [2.05, 4.69) is 10.5 Å². The lowest BCUT2D eigenvalue weighted by molar-refractivity contribution is -0.135. The summed E-state index contributed by atoms with van der Waals surface area (Å²) < 4.78 is 10.2. The zero-order chi connectivity index (χ0) is 19.2. The van der Waals surface area contributed by atoms with Crippen LogP contribution in [0.1, 0.15) is 27.4 Å². The van der Waals surface area contributed by atoms with Crippen LogP contribution in [0.3, 0.4) is 0 Å². The molecule has 1 fully saturated rings. The van der Waals surface area contributed by atoms with Crippen molar-refractivity contribution in [3.63, 3.8) is 0 Å². The molecule has 1 N–H and O–H groups in total. The number of nitrogens with one attached hydrogen (secondary N) is 1. The number of nitrogens with zero attached hydrogens (tertiary/aromatic N) is 2. The standard InChI is InChI=1S/C17H19N3O6S/c21-13(10-26-17(24)12-2-4-15(22)19-18-12)14-3-1-11(27-14)9-16(23)20-5-7-25-8-6-20/h1,3H,2,4-10H2,(H,19,22). The van der Waals surface area contributed by atoms with Gasteiger partial charge in [-0.1, -0.05) is 0 Å². The van der Waals surface area contributed by atoms with Crippen LogP contribution in [0.2, 0.25) is 0 Å². The molecule has 0 spiro atoms. The number of Topliss-reactive ketones (excluding diaryl/α,β-unsaturated/α-hetero) is 1. The molecule has 2 aliphatic heterocycles. The summed E-state index contributed by atoms with van der Waals surface area (Å²) in [5.74, 6) is -1.33. The number of amides is 2. The Labute approximate surface area is 159 Å². The van der Waals surface area contributed by atoms with Crippen LogP contribution in [0.5, 0.6) is 0 Å². The summed E-state index contributed by atoms with van der Waals surface area (Å²) in [4.78, 5) is 50.2. The summed E-state index contributed by atoms with van der Waals surface area (Å²) in [5.41, 5.74) is 2.29. The van der Waals surface area contributed by atoms with Gasteiger partial charge >= 0.3 is 5.97 Å². The van der Waals surface area contributed by atoms with Crippen LogP contribution in [0, 0.1) is 0 Å². The molecule has 0 unspecified atom stereocenters. The summed E-state index contributed by atoms with van der Waals surface area (Å²) >= 11 is 1.21. The van der Waals surface area contributed by atoms with Crippen LogP contribution >= 0.6 is 11.3 Å². The van der Waals surface area contributed by atoms with Gasteiger partial charge in [0, 0.05) is 30.8 Å². The highest BCUT2D eigenvalue weighted by Gasteiger charge is 2.22. The second kappa shape index (κ2) is 8.87. The van der Waals surface area contributed by atoms with Gasteiger partial charge in [-0.15, -0.1) is 11.3 Å². The molecular formula is C17H19N3O6S. The molecule has 0 aliphatic carbocycles. The number of carbonyl (C=O) groups is 4. The first-order valence-corrected chi connectivity index (χ1v) is 9.34. The van der Waals surface area contributed by atoms with Gasteiger partial charge in [0.15, 0.2) is 6.61 Å². The first kappa shape index (κ1) is 19.2. The maximum Gasteiger partial charge on any atom is 0.354 e. The maximum absolute atomic E-state index is 12.2. The zero-order valence-electron chi connectivity index (χ0n) is 14.6. The third-order valence-corrected chi connectivity index (χ3v) is 5.23. The molecule has 0 radical (unpaired) electrons. The molecule has 27 heavy (non-hydrogen) atoms. The van der Waals surface area contributed by atoms with Crippen LogP contribution in [-0.2, 0) is 30.3 Å². The molecule has 0 saturated carbocycles. The SMILES string of the molecule is O=C1CCC(C(=O)OCC(=O)c2ccc(CC(=O)N3CCOCC3)s2)=NN1. The number of hydrogen-bond donors (Lipinski definition) is 1. The largest absolute Gasteiger partial charge is 0.453 e. The van der Waals surface area contributed by atoms with Crippen LogP contribution in [0.4, 0.5) is 0 Å². The topological polar surface area (TPSA) is 114 Å². The second-order valence-electron chi connectivity index (χ2n) is 6.03. The maximum atomic E-state index is 12.2. The van der Waals surface area contributed by atoms with Gasteiger partial charge in [0.1, 0.15) is 5.71 Å². The van der Waals surface area contributed by atoms with Crippen molar-refractivity contribution < 1.29 is 28.7 Å². The molecule has 144 valence electrons. The molecule has 3 heterocycles. The number of ether oxygens (including phenoxy) is 2. The van der Waals surface area contributed by atoms with Gasteiger partial charge in [-0.3, -0.25) is 14.4 Å². The van der Waals surface area contributed by atoms with Crippen LogP contribution in [-0.4, -0.2) is 67.1 Å². The fourth-order valence-electron chi connectivity index (χ4n) is 2.60. The molecule has 2 amide bonds. The van der Waals surface area contributed by atoms with Gasteiger partial charge in [0.25, 0.3) is 0 Å². The highest BCUT2D eigenvalue weighted by atomic mass is 32.1. The quantitative estimate of drug-likeness (QED) is 0.543. The minimum atomic E-state index is -0.720. The Morgan fingerprint density at radius 3 is 2.70 bits per heavy atom. The van der Waals surface area contributed by atoms with E-state index in [4.69, 9.17) is 9.47 Å². The Kier molecular flexibility index (Phi) is 6.30. The van der Waals surface area contributed by atoms with E-state index in [1.807, 2.05) is 0 Å². The monoisotopic (exact) mass is 393 g/mol. The first-order valence-electron chi connectivity index (χ1n) is 8.53. The van der Waals surface area contributed by atoms with E-state index in [1.54, 1.807) is 17.0 Å². The molecule has 1 aromatic rings. The number of thiophene rings is 1. The number of morpholine rings is 1. The lowest BCUT2D eigenvalue weighted by Crippen LogP contribution is -2.41. The van der Waals surface area contributed by atoms with Gasteiger partial charge in [0.05, 0.1) is 24.5 Å². The average molecular weight is 393 g/mol. The predicted octanol–water partition coefficient (Wildman–Crippen LogP) is 0.141. The Balaban J connectivity index is 1.48. The van der Waals surface area contributed by atoms with E-state index in [9.17, 15) is 19.2 Å². The van der Waals surface area contributed by atoms with Crippen LogP contribution < -0.4 is 5.43 Å².